The summed E-state index contributed by atoms with van der Waals surface area (Å²) < 4.78 is 0. The minimum absolute atomic E-state index is 0.146. The molecule has 0 saturated carbocycles. The second-order valence-electron chi connectivity index (χ2n) is 9.60. The molecule has 0 atom stereocenters. The molecule has 1 aliphatic rings. The van der Waals surface area contributed by atoms with Crippen LogP contribution in [0.2, 0.25) is 0 Å². The summed E-state index contributed by atoms with van der Waals surface area (Å²) in [5, 5.41) is 7.96. The van der Waals surface area contributed by atoms with Gasteiger partial charge in [0.2, 0.25) is 0 Å². The van der Waals surface area contributed by atoms with E-state index in [1.807, 2.05) is 0 Å². The summed E-state index contributed by atoms with van der Waals surface area (Å²) in [4.78, 5) is 8.02. The van der Waals surface area contributed by atoms with Gasteiger partial charge in [-0.25, -0.2) is 0 Å². The predicted molar refractivity (Wildman–Crippen MR) is 138 cm³/mol. The van der Waals surface area contributed by atoms with E-state index in [-0.39, 0.29) is 5.41 Å². The number of aliphatic imine (C=N–C) groups is 1. The molecule has 0 amide bonds. The molecule has 0 aliphatic carbocycles. The maximum absolute atomic E-state index is 4.59. The second-order valence-corrected chi connectivity index (χ2v) is 9.60. The first-order valence-corrected chi connectivity index (χ1v) is 11.0. The van der Waals surface area contributed by atoms with Crippen LogP contribution >= 0.6 is 0 Å². The summed E-state index contributed by atoms with van der Waals surface area (Å²) in [6.45, 7) is 17.9. The minimum Gasteiger partial charge on any atom is -0.354 e. The van der Waals surface area contributed by atoms with Gasteiger partial charge in [-0.3, -0.25) is 4.99 Å². The van der Waals surface area contributed by atoms with Crippen LogP contribution in [0, 0.1) is 12.3 Å². The number of hydrogen-bond donors (Lipinski definition) is 3. The fourth-order valence-electron chi connectivity index (χ4n) is 3.79. The smallest absolute Gasteiger partial charge is 0.125 e. The van der Waals surface area contributed by atoms with E-state index in [1.54, 1.807) is 0 Å². The maximum Gasteiger partial charge on any atom is 0.125 e. The van der Waals surface area contributed by atoms with Gasteiger partial charge >= 0.3 is 0 Å². The van der Waals surface area contributed by atoms with Gasteiger partial charge in [-0.1, -0.05) is 57.7 Å². The first kappa shape index (κ1) is 21.7. The van der Waals surface area contributed by atoms with Crippen LogP contribution in [0.4, 0.5) is 5.69 Å². The van der Waals surface area contributed by atoms with Gasteiger partial charge in [0.1, 0.15) is 5.84 Å². The van der Waals surface area contributed by atoms with E-state index >= 15 is 0 Å². The number of amidine groups is 1. The van der Waals surface area contributed by atoms with Crippen LogP contribution < -0.4 is 10.6 Å². The summed E-state index contributed by atoms with van der Waals surface area (Å²) in [6.07, 6.45) is 2.90. The van der Waals surface area contributed by atoms with E-state index in [2.05, 4.69) is 116 Å². The maximum atomic E-state index is 4.59. The molecule has 0 bridgehead atoms. The zero-order valence-electron chi connectivity index (χ0n) is 19.5. The van der Waals surface area contributed by atoms with E-state index in [1.165, 1.54) is 22.1 Å². The molecular formula is C28H32N4. The Hall–Kier alpha value is -3.53. The third-order valence-corrected chi connectivity index (χ3v) is 5.77. The van der Waals surface area contributed by atoms with E-state index < -0.39 is 0 Å². The van der Waals surface area contributed by atoms with Crippen molar-refractivity contribution in [1.29, 1.82) is 0 Å². The Morgan fingerprint density at radius 2 is 1.78 bits per heavy atom. The molecule has 4 rings (SSSR count). The van der Waals surface area contributed by atoms with Crippen LogP contribution in [0.25, 0.3) is 16.6 Å². The van der Waals surface area contributed by atoms with Crippen molar-refractivity contribution in [2.75, 3.05) is 11.9 Å². The summed E-state index contributed by atoms with van der Waals surface area (Å²) >= 11 is 0. The highest BCUT2D eigenvalue weighted by molar-refractivity contribution is 5.96. The number of nitrogens with zero attached hydrogens (tertiary/aromatic N) is 1. The topological polar surface area (TPSA) is 52.2 Å². The molecule has 0 radical (unpaired) electrons. The van der Waals surface area contributed by atoms with Gasteiger partial charge in [0, 0.05) is 28.7 Å². The van der Waals surface area contributed by atoms with Gasteiger partial charge in [-0.15, -0.1) is 0 Å². The predicted octanol–water partition coefficient (Wildman–Crippen LogP) is 6.59. The minimum atomic E-state index is 0.146. The molecule has 2 heterocycles. The van der Waals surface area contributed by atoms with Gasteiger partial charge in [-0.05, 0) is 59.9 Å². The number of aromatic amines is 1. The van der Waals surface area contributed by atoms with Crippen molar-refractivity contribution in [1.82, 2.24) is 10.3 Å². The van der Waals surface area contributed by atoms with Gasteiger partial charge in [-0.2, -0.15) is 0 Å². The molecule has 3 N–H and O–H groups in total. The first-order valence-electron chi connectivity index (χ1n) is 11.0. The lowest BCUT2D eigenvalue weighted by Gasteiger charge is -2.18. The number of benzene rings is 2. The largest absolute Gasteiger partial charge is 0.354 e. The lowest BCUT2D eigenvalue weighted by Crippen LogP contribution is -2.20. The molecule has 1 aromatic heterocycles. The number of aromatic nitrogens is 1. The van der Waals surface area contributed by atoms with Crippen molar-refractivity contribution < 1.29 is 0 Å². The van der Waals surface area contributed by atoms with E-state index in [0.29, 0.717) is 0 Å². The van der Waals surface area contributed by atoms with E-state index in [9.17, 15) is 0 Å². The van der Waals surface area contributed by atoms with Gasteiger partial charge in [0.05, 0.1) is 17.9 Å². The van der Waals surface area contributed by atoms with Gasteiger partial charge < -0.3 is 15.6 Å². The van der Waals surface area contributed by atoms with Crippen LogP contribution in [0.15, 0.2) is 84.0 Å². The standard InChI is InChI=1S/C28H32N4/c1-18-7-12-25-22(13-18)15-26(32-25)20(3)31-24-10-8-21(9-11-24)14-19(2)30-27-16-23(17-29-27)28(4,5)6/h7-13,15-16,31-32H,2-3,14,17H2,1,4-6H3,(H,29,30). The Bertz CT molecular complexity index is 1230. The van der Waals surface area contributed by atoms with Crippen molar-refractivity contribution in [2.45, 2.75) is 34.1 Å². The number of allylic oxidation sites excluding steroid dienone is 1. The van der Waals surface area contributed by atoms with Crippen molar-refractivity contribution in [2.24, 2.45) is 10.4 Å². The Morgan fingerprint density at radius 1 is 1.03 bits per heavy atom. The molecule has 1 aliphatic heterocycles. The lowest BCUT2D eigenvalue weighted by molar-refractivity contribution is 0.499. The number of hydrogen-bond acceptors (Lipinski definition) is 3. The van der Waals surface area contributed by atoms with Crippen LogP contribution in [0.3, 0.4) is 0 Å². The molecule has 164 valence electrons. The van der Waals surface area contributed by atoms with Gasteiger partial charge in [0.25, 0.3) is 0 Å². The molecule has 3 aromatic rings. The molecular weight excluding hydrogens is 392 g/mol. The SMILES string of the molecule is C=C(Cc1ccc(NC(=C)c2cc3cc(C)ccc3[nH]2)cc1)NC1=NCC(C(C)(C)C)=C1. The fraction of sp³-hybridized carbons (Fsp3) is 0.250. The first-order chi connectivity index (χ1) is 15.2. The average molecular weight is 425 g/mol. The Morgan fingerprint density at radius 3 is 2.47 bits per heavy atom. The second kappa shape index (κ2) is 8.54. The summed E-state index contributed by atoms with van der Waals surface area (Å²) in [5.41, 5.74) is 8.83. The zero-order valence-corrected chi connectivity index (χ0v) is 19.5. The number of rotatable bonds is 6. The number of fused-ring (bicyclic) bond motifs is 1. The molecule has 0 saturated heterocycles. The molecule has 0 fully saturated rings. The third kappa shape index (κ3) is 5.02. The van der Waals surface area contributed by atoms with Crippen LogP contribution in [0.5, 0.6) is 0 Å². The van der Waals surface area contributed by atoms with E-state index in [4.69, 9.17) is 0 Å². The monoisotopic (exact) mass is 424 g/mol. The van der Waals surface area contributed by atoms with Crippen LogP contribution in [-0.4, -0.2) is 17.4 Å². The van der Waals surface area contributed by atoms with Crippen molar-refractivity contribution >= 4 is 28.1 Å². The van der Waals surface area contributed by atoms with Crippen LogP contribution in [-0.2, 0) is 6.42 Å². The molecule has 0 spiro atoms. The van der Waals surface area contributed by atoms with Gasteiger partial charge in [0.15, 0.2) is 0 Å². The van der Waals surface area contributed by atoms with Crippen LogP contribution in [0.1, 0.15) is 37.6 Å². The highest BCUT2D eigenvalue weighted by atomic mass is 15.0. The number of nitrogens with one attached hydrogen (secondary N) is 3. The third-order valence-electron chi connectivity index (χ3n) is 5.77. The fourth-order valence-corrected chi connectivity index (χ4v) is 3.79. The molecule has 32 heavy (non-hydrogen) atoms. The van der Waals surface area contributed by atoms with Crippen molar-refractivity contribution in [3.05, 3.63) is 95.9 Å². The average Bonchev–Trinajstić information content (AvgIpc) is 3.36. The Labute approximate surface area is 190 Å². The molecule has 0 unspecified atom stereocenters. The van der Waals surface area contributed by atoms with Crippen molar-refractivity contribution in [3.63, 3.8) is 0 Å². The highest BCUT2D eigenvalue weighted by Gasteiger charge is 2.21. The molecule has 2 aromatic carbocycles. The number of H-pyrrole nitrogens is 1. The number of anilines is 1. The quantitative estimate of drug-likeness (QED) is 0.418. The summed E-state index contributed by atoms with van der Waals surface area (Å²) in [7, 11) is 0. The molecule has 4 heteroatoms. The van der Waals surface area contributed by atoms with Crippen molar-refractivity contribution in [3.8, 4) is 0 Å². The number of aryl methyl sites for hydroxylation is 1. The summed E-state index contributed by atoms with van der Waals surface area (Å²) in [6, 6.07) is 16.9. The highest BCUT2D eigenvalue weighted by Crippen LogP contribution is 2.28. The Kier molecular flexibility index (Phi) is 5.79. The lowest BCUT2D eigenvalue weighted by atomic mass is 9.87. The zero-order chi connectivity index (χ0) is 22.9. The normalized spacial score (nSPS) is 13.6. The van der Waals surface area contributed by atoms with E-state index in [0.717, 1.165) is 47.1 Å². The summed E-state index contributed by atoms with van der Waals surface area (Å²) in [5.74, 6) is 0.906. The Balaban J connectivity index is 1.34. The molecule has 4 nitrogen and oxygen atoms in total.